The molecule has 6 rings (SSSR count). The highest BCUT2D eigenvalue weighted by atomic mass is 16.5. The molecule has 3 aliphatic carbocycles. The fourth-order valence-electron chi connectivity index (χ4n) is 6.33. The zero-order valence-electron chi connectivity index (χ0n) is 21.5. The molecule has 0 bridgehead atoms. The summed E-state index contributed by atoms with van der Waals surface area (Å²) >= 11 is 0. The summed E-state index contributed by atoms with van der Waals surface area (Å²) in [7, 11) is 0. The lowest BCUT2D eigenvalue weighted by Crippen LogP contribution is -2.58. The largest absolute Gasteiger partial charge is 0.508 e. The van der Waals surface area contributed by atoms with E-state index in [4.69, 9.17) is 10.3 Å². The van der Waals surface area contributed by atoms with Gasteiger partial charge in [-0.2, -0.15) is 0 Å². The number of carbonyl (C=O) groups excluding carboxylic acids is 4. The van der Waals surface area contributed by atoms with Crippen LogP contribution in [0.2, 0.25) is 0 Å². The van der Waals surface area contributed by atoms with Crippen molar-refractivity contribution in [3.63, 3.8) is 0 Å². The van der Waals surface area contributed by atoms with Gasteiger partial charge in [0.05, 0.1) is 11.8 Å². The minimum absolute atomic E-state index is 0.0132. The second kappa shape index (κ2) is 9.27. The fourth-order valence-corrected chi connectivity index (χ4v) is 6.33. The number of aromatic hydroxyl groups is 1. The molecule has 1 aromatic heterocycles. The van der Waals surface area contributed by atoms with E-state index in [0.717, 1.165) is 11.1 Å². The van der Waals surface area contributed by atoms with E-state index in [1.54, 1.807) is 30.3 Å². The first-order valence-electron chi connectivity index (χ1n) is 12.9. The van der Waals surface area contributed by atoms with Gasteiger partial charge in [0.15, 0.2) is 11.4 Å². The number of aromatic nitrogens is 1. The highest BCUT2D eigenvalue weighted by Crippen LogP contribution is 2.53. The van der Waals surface area contributed by atoms with Crippen molar-refractivity contribution in [1.82, 2.24) is 5.16 Å². The SMILES string of the molecule is NC(=O)C1=C(O)[C@@]2(O)C(=O)C3=C(O)c4c(O)ccc(-c5ccc(CC(=O)c6ccno6)cc5)c4C[C@H]3C[C@H]2CC1=O. The maximum Gasteiger partial charge on any atom is 0.255 e. The van der Waals surface area contributed by atoms with Gasteiger partial charge in [-0.15, -0.1) is 0 Å². The number of hydrogen-bond donors (Lipinski definition) is 5. The van der Waals surface area contributed by atoms with Crippen LogP contribution in [0.3, 0.4) is 0 Å². The van der Waals surface area contributed by atoms with Crippen LogP contribution in [0.1, 0.15) is 40.1 Å². The molecule has 2 aromatic carbocycles. The third-order valence-electron chi connectivity index (χ3n) is 8.29. The number of rotatable bonds is 5. The van der Waals surface area contributed by atoms with Gasteiger partial charge in [-0.1, -0.05) is 35.5 Å². The van der Waals surface area contributed by atoms with Gasteiger partial charge < -0.3 is 30.7 Å². The maximum atomic E-state index is 13.7. The van der Waals surface area contributed by atoms with Crippen molar-refractivity contribution in [3.8, 4) is 16.9 Å². The van der Waals surface area contributed by atoms with E-state index in [1.807, 2.05) is 0 Å². The minimum Gasteiger partial charge on any atom is -0.508 e. The number of Topliss-reactive ketones (excluding diaryl/α,β-unsaturated/α-hetero) is 3. The number of aliphatic hydroxyl groups is 3. The van der Waals surface area contributed by atoms with Gasteiger partial charge >= 0.3 is 0 Å². The molecule has 1 amide bonds. The highest BCUT2D eigenvalue weighted by Gasteiger charge is 2.60. The summed E-state index contributed by atoms with van der Waals surface area (Å²) in [6, 6.07) is 11.7. The normalized spacial score (nSPS) is 23.6. The molecule has 0 aliphatic heterocycles. The number of aliphatic hydroxyl groups excluding tert-OH is 2. The Kier molecular flexibility index (Phi) is 5.93. The first kappa shape index (κ1) is 26.2. The topological polar surface area (TPSA) is 201 Å². The molecule has 0 saturated heterocycles. The van der Waals surface area contributed by atoms with Gasteiger partial charge in [0.2, 0.25) is 17.3 Å². The van der Waals surface area contributed by atoms with E-state index in [9.17, 15) is 39.6 Å². The summed E-state index contributed by atoms with van der Waals surface area (Å²) in [5, 5.41) is 47.6. The Morgan fingerprint density at radius 2 is 1.76 bits per heavy atom. The molecule has 1 saturated carbocycles. The highest BCUT2D eigenvalue weighted by molar-refractivity contribution is 6.22. The summed E-state index contributed by atoms with van der Waals surface area (Å²) in [4.78, 5) is 50.4. The molecule has 3 atom stereocenters. The lowest BCUT2D eigenvalue weighted by molar-refractivity contribution is -0.147. The van der Waals surface area contributed by atoms with Gasteiger partial charge in [0.1, 0.15) is 22.8 Å². The molecule has 3 aliphatic rings. The van der Waals surface area contributed by atoms with Crippen LogP contribution in [-0.4, -0.2) is 54.4 Å². The number of nitrogens with two attached hydrogens (primary N) is 1. The van der Waals surface area contributed by atoms with Crippen LogP contribution in [-0.2, 0) is 27.2 Å². The molecule has 208 valence electrons. The van der Waals surface area contributed by atoms with Crippen molar-refractivity contribution < 1.29 is 44.1 Å². The number of nitrogens with zero attached hydrogens (tertiary/aromatic N) is 1. The standard InChI is InChI=1S/C30H24N2O9/c31-29(39)25-21(35)12-16-10-15-11-18-17(14-3-1-13(2-4-14)9-20(34)22-7-8-32-41-22)5-6-19(33)24(18)26(36)23(15)27(37)30(16,40)28(25)38/h1-8,15-16,33,36,38,40H,9-12H2,(H2,31,39)/t15-,16+,30+/m1/s1. The third-order valence-corrected chi connectivity index (χ3v) is 8.29. The zero-order valence-corrected chi connectivity index (χ0v) is 21.5. The van der Waals surface area contributed by atoms with Crippen molar-refractivity contribution in [3.05, 3.63) is 88.0 Å². The number of benzene rings is 2. The number of phenols is 1. The van der Waals surface area contributed by atoms with Crippen LogP contribution in [0, 0.1) is 11.8 Å². The minimum atomic E-state index is -2.61. The van der Waals surface area contributed by atoms with Gasteiger partial charge in [0, 0.05) is 30.4 Å². The molecule has 11 heteroatoms. The molecule has 0 unspecified atom stereocenters. The predicted octanol–water partition coefficient (Wildman–Crippen LogP) is 2.50. The number of phenolic OH excluding ortho intramolecular Hbond substituents is 1. The fraction of sp³-hybridized carbons (Fsp3) is 0.233. The lowest BCUT2D eigenvalue weighted by atomic mass is 9.59. The Hall–Kier alpha value is -5.03. The molecule has 0 spiro atoms. The van der Waals surface area contributed by atoms with Crippen LogP contribution in [0.5, 0.6) is 5.75 Å². The Bertz CT molecular complexity index is 1720. The summed E-state index contributed by atoms with van der Waals surface area (Å²) in [6.07, 6.45) is 1.33. The number of amides is 1. The molecule has 0 radical (unpaired) electrons. The second-order valence-corrected chi connectivity index (χ2v) is 10.6. The average Bonchev–Trinajstić information content (AvgIpc) is 3.47. The van der Waals surface area contributed by atoms with Crippen LogP contribution < -0.4 is 5.73 Å². The molecular formula is C30H24N2O9. The van der Waals surface area contributed by atoms with Gasteiger partial charge in [0.25, 0.3) is 5.91 Å². The number of primary amides is 1. The van der Waals surface area contributed by atoms with E-state index >= 15 is 0 Å². The van der Waals surface area contributed by atoms with Crippen LogP contribution >= 0.6 is 0 Å². The maximum absolute atomic E-state index is 13.7. The number of fused-ring (bicyclic) bond motifs is 3. The van der Waals surface area contributed by atoms with Crippen LogP contribution in [0.4, 0.5) is 0 Å². The summed E-state index contributed by atoms with van der Waals surface area (Å²) < 4.78 is 4.92. The molecular weight excluding hydrogens is 532 g/mol. The monoisotopic (exact) mass is 556 g/mol. The van der Waals surface area contributed by atoms with Crippen LogP contribution in [0.25, 0.3) is 16.9 Å². The molecule has 3 aromatic rings. The van der Waals surface area contributed by atoms with E-state index < -0.39 is 52.0 Å². The smallest absolute Gasteiger partial charge is 0.255 e. The summed E-state index contributed by atoms with van der Waals surface area (Å²) in [5.41, 5.74) is 4.28. The second-order valence-electron chi connectivity index (χ2n) is 10.6. The van der Waals surface area contributed by atoms with Crippen LogP contribution in [0.15, 0.2) is 70.1 Å². The summed E-state index contributed by atoms with van der Waals surface area (Å²) in [6.45, 7) is 0. The Labute approximate surface area is 232 Å². The van der Waals surface area contributed by atoms with Crippen molar-refractivity contribution >= 4 is 29.0 Å². The lowest BCUT2D eigenvalue weighted by Gasteiger charge is -2.46. The van der Waals surface area contributed by atoms with E-state index in [2.05, 4.69) is 5.16 Å². The van der Waals surface area contributed by atoms with E-state index in [1.165, 1.54) is 18.3 Å². The van der Waals surface area contributed by atoms with E-state index in [0.29, 0.717) is 11.1 Å². The molecule has 11 nitrogen and oxygen atoms in total. The number of ketones is 3. The Morgan fingerprint density at radius 1 is 1.02 bits per heavy atom. The Morgan fingerprint density at radius 3 is 2.41 bits per heavy atom. The quantitative estimate of drug-likeness (QED) is 0.230. The first-order chi connectivity index (χ1) is 19.5. The molecule has 6 N–H and O–H groups in total. The van der Waals surface area contributed by atoms with Gasteiger partial charge in [-0.05, 0) is 47.1 Å². The molecule has 1 fully saturated rings. The average molecular weight is 557 g/mol. The van der Waals surface area contributed by atoms with Crippen molar-refractivity contribution in [1.29, 1.82) is 0 Å². The number of carbonyl (C=O) groups is 4. The predicted molar refractivity (Wildman–Crippen MR) is 141 cm³/mol. The summed E-state index contributed by atoms with van der Waals surface area (Å²) in [5.74, 6) is -6.80. The van der Waals surface area contributed by atoms with Gasteiger partial charge in [-0.25, -0.2) is 0 Å². The van der Waals surface area contributed by atoms with Crippen molar-refractivity contribution in [2.24, 2.45) is 17.6 Å². The first-order valence-corrected chi connectivity index (χ1v) is 12.9. The van der Waals surface area contributed by atoms with E-state index in [-0.39, 0.29) is 54.1 Å². The van der Waals surface area contributed by atoms with Gasteiger partial charge in [-0.3, -0.25) is 19.2 Å². The number of hydrogen-bond acceptors (Lipinski definition) is 10. The zero-order chi connectivity index (χ0) is 29.2. The van der Waals surface area contributed by atoms with Crippen molar-refractivity contribution in [2.45, 2.75) is 31.3 Å². The Balaban J connectivity index is 1.39. The van der Waals surface area contributed by atoms with Crippen molar-refractivity contribution in [2.75, 3.05) is 0 Å². The third kappa shape index (κ3) is 3.88. The molecule has 1 heterocycles. The molecule has 41 heavy (non-hydrogen) atoms.